The Morgan fingerprint density at radius 3 is 2.82 bits per heavy atom. The third-order valence-electron chi connectivity index (χ3n) is 4.10. The summed E-state index contributed by atoms with van der Waals surface area (Å²) < 4.78 is 9.27. The van der Waals surface area contributed by atoms with Gasteiger partial charge in [-0.3, -0.25) is 4.79 Å². The van der Waals surface area contributed by atoms with Crippen molar-refractivity contribution in [1.82, 2.24) is 15.2 Å². The first kappa shape index (κ1) is 14.5. The Balaban J connectivity index is 1.94. The molecule has 0 bridgehead atoms. The molecule has 0 saturated carbocycles. The van der Waals surface area contributed by atoms with Crippen LogP contribution in [0, 0.1) is 5.92 Å². The highest BCUT2D eigenvalue weighted by Crippen LogP contribution is 2.34. The molecular weight excluding hydrogens is 286 g/mol. The number of rotatable bonds is 1. The predicted molar refractivity (Wildman–Crippen MR) is 76.7 cm³/mol. The third-order valence-corrected chi connectivity index (χ3v) is 4.10. The molecule has 2 atom stereocenters. The molecule has 7 nitrogen and oxygen atoms in total. The van der Waals surface area contributed by atoms with Crippen LogP contribution in [0.4, 0.5) is 0 Å². The van der Waals surface area contributed by atoms with Crippen molar-refractivity contribution >= 4 is 22.9 Å². The minimum atomic E-state index is -0.830. The zero-order valence-corrected chi connectivity index (χ0v) is 12.5. The first-order valence-electron chi connectivity index (χ1n) is 7.21. The number of esters is 1. The molecule has 116 valence electrons. The summed E-state index contributed by atoms with van der Waals surface area (Å²) in [4.78, 5) is 25.5. The molecule has 1 aliphatic rings. The molecule has 2 unspecified atom stereocenters. The van der Waals surface area contributed by atoms with E-state index in [1.165, 1.54) is 7.11 Å². The number of ether oxygens (including phenoxy) is 1. The second-order valence-corrected chi connectivity index (χ2v) is 5.66. The second kappa shape index (κ2) is 5.75. The van der Waals surface area contributed by atoms with Crippen molar-refractivity contribution in [3.05, 3.63) is 23.8 Å². The molecule has 1 aliphatic heterocycles. The summed E-state index contributed by atoms with van der Waals surface area (Å²) >= 11 is 0. The van der Waals surface area contributed by atoms with Crippen LogP contribution in [0.15, 0.2) is 22.8 Å². The molecule has 22 heavy (non-hydrogen) atoms. The minimum Gasteiger partial charge on any atom is -0.462 e. The molecule has 1 fully saturated rings. The van der Waals surface area contributed by atoms with Crippen molar-refractivity contribution in [3.8, 4) is 0 Å². The van der Waals surface area contributed by atoms with E-state index in [4.69, 9.17) is 4.63 Å². The van der Waals surface area contributed by atoms with Crippen LogP contribution in [0.2, 0.25) is 0 Å². The number of carbonyl (C=O) groups is 2. The molecule has 1 aromatic heterocycles. The molecule has 7 heteroatoms. The number of fused-ring (bicyclic) bond motifs is 1. The van der Waals surface area contributed by atoms with E-state index in [1.807, 2.05) is 12.1 Å². The fraction of sp³-hybridized carbons (Fsp3) is 0.467. The van der Waals surface area contributed by atoms with Gasteiger partial charge in [0.25, 0.3) is 0 Å². The van der Waals surface area contributed by atoms with Crippen molar-refractivity contribution in [2.24, 2.45) is 5.92 Å². The Morgan fingerprint density at radius 1 is 1.27 bits per heavy atom. The van der Waals surface area contributed by atoms with Gasteiger partial charge in [0.05, 0.1) is 13.2 Å². The molecule has 0 spiro atoms. The van der Waals surface area contributed by atoms with Gasteiger partial charge in [0.2, 0.25) is 0 Å². The van der Waals surface area contributed by atoms with Gasteiger partial charge in [-0.2, -0.15) is 0 Å². The van der Waals surface area contributed by atoms with Crippen LogP contribution in [-0.4, -0.2) is 40.7 Å². The van der Waals surface area contributed by atoms with E-state index in [0.29, 0.717) is 23.5 Å². The van der Waals surface area contributed by atoms with Crippen molar-refractivity contribution in [2.75, 3.05) is 13.7 Å². The Hall–Kier alpha value is -2.44. The number of piperidine rings is 1. The fourth-order valence-corrected chi connectivity index (χ4v) is 2.93. The number of aromatic nitrogens is 2. The van der Waals surface area contributed by atoms with Gasteiger partial charge < -0.3 is 9.64 Å². The van der Waals surface area contributed by atoms with Crippen molar-refractivity contribution in [2.45, 2.75) is 25.8 Å². The van der Waals surface area contributed by atoms with Crippen LogP contribution in [-0.2, 0) is 14.3 Å². The molecule has 0 radical (unpaired) electrons. The van der Waals surface area contributed by atoms with E-state index in [0.717, 1.165) is 18.4 Å². The molecule has 2 heterocycles. The average Bonchev–Trinajstić information content (AvgIpc) is 3.00. The largest absolute Gasteiger partial charge is 0.462 e. The van der Waals surface area contributed by atoms with Gasteiger partial charge in [0, 0.05) is 6.54 Å². The molecule has 0 aliphatic carbocycles. The smallest absolute Gasteiger partial charge is 0.396 e. The van der Waals surface area contributed by atoms with Crippen molar-refractivity contribution < 1.29 is 19.0 Å². The molecule has 3 rings (SSSR count). The van der Waals surface area contributed by atoms with Crippen molar-refractivity contribution in [1.29, 1.82) is 0 Å². The Labute approximate surface area is 127 Å². The third kappa shape index (κ3) is 2.54. The lowest BCUT2D eigenvalue weighted by molar-refractivity contribution is -0.160. The maximum Gasteiger partial charge on any atom is 0.396 e. The summed E-state index contributed by atoms with van der Waals surface area (Å²) in [6, 6.07) is 5.39. The number of likely N-dealkylation sites (tertiary alicyclic amines) is 1. The van der Waals surface area contributed by atoms with Crippen molar-refractivity contribution in [3.63, 3.8) is 0 Å². The Kier molecular flexibility index (Phi) is 3.79. The minimum absolute atomic E-state index is 0.163. The van der Waals surface area contributed by atoms with Crippen LogP contribution in [0.25, 0.3) is 11.0 Å². The van der Waals surface area contributed by atoms with Crippen LogP contribution in [0.3, 0.4) is 0 Å². The summed E-state index contributed by atoms with van der Waals surface area (Å²) in [6.07, 6.45) is 1.78. The summed E-state index contributed by atoms with van der Waals surface area (Å²) in [5.74, 6) is -1.08. The van der Waals surface area contributed by atoms with Gasteiger partial charge >= 0.3 is 11.9 Å². The summed E-state index contributed by atoms with van der Waals surface area (Å²) in [5.41, 5.74) is 2.23. The number of amides is 1. The SMILES string of the molecule is COC(=O)C(=O)N1CC(C)CCC1c1ccc2nonc2c1. The number of nitrogens with zero attached hydrogens (tertiary/aromatic N) is 3. The lowest BCUT2D eigenvalue weighted by Crippen LogP contribution is -2.45. The Morgan fingerprint density at radius 2 is 2.05 bits per heavy atom. The zero-order valence-electron chi connectivity index (χ0n) is 12.5. The predicted octanol–water partition coefficient (Wildman–Crippen LogP) is 1.70. The van der Waals surface area contributed by atoms with Gasteiger partial charge in [-0.1, -0.05) is 13.0 Å². The number of hydrogen-bond acceptors (Lipinski definition) is 6. The standard InChI is InChI=1S/C15H17N3O4/c1-9-3-6-13(18(8-9)14(19)15(20)21-2)10-4-5-11-12(7-10)17-22-16-11/h4-5,7,9,13H,3,6,8H2,1-2H3. The fourth-order valence-electron chi connectivity index (χ4n) is 2.93. The van der Waals surface area contributed by atoms with Crippen LogP contribution in [0.5, 0.6) is 0 Å². The van der Waals surface area contributed by atoms with Crippen LogP contribution < -0.4 is 0 Å². The number of carbonyl (C=O) groups excluding carboxylic acids is 2. The zero-order chi connectivity index (χ0) is 15.7. The maximum absolute atomic E-state index is 12.3. The quantitative estimate of drug-likeness (QED) is 0.588. The van der Waals surface area contributed by atoms with E-state index in [2.05, 4.69) is 22.0 Å². The molecule has 1 amide bonds. The molecular formula is C15H17N3O4. The molecule has 1 saturated heterocycles. The normalized spacial score (nSPS) is 21.8. The van der Waals surface area contributed by atoms with E-state index < -0.39 is 11.9 Å². The highest BCUT2D eigenvalue weighted by molar-refractivity contribution is 6.32. The topological polar surface area (TPSA) is 85.5 Å². The number of benzene rings is 1. The number of hydrogen-bond donors (Lipinski definition) is 0. The van der Waals surface area contributed by atoms with E-state index in [9.17, 15) is 9.59 Å². The van der Waals surface area contributed by atoms with Crippen LogP contribution in [0.1, 0.15) is 31.4 Å². The van der Waals surface area contributed by atoms with E-state index in [1.54, 1.807) is 11.0 Å². The second-order valence-electron chi connectivity index (χ2n) is 5.66. The van der Waals surface area contributed by atoms with Gasteiger partial charge in [0.1, 0.15) is 11.0 Å². The summed E-state index contributed by atoms with van der Waals surface area (Å²) in [7, 11) is 1.22. The summed E-state index contributed by atoms with van der Waals surface area (Å²) in [6.45, 7) is 2.60. The highest BCUT2D eigenvalue weighted by atomic mass is 16.6. The maximum atomic E-state index is 12.3. The van der Waals surface area contributed by atoms with Gasteiger partial charge in [-0.15, -0.1) is 0 Å². The van der Waals surface area contributed by atoms with E-state index in [-0.39, 0.29) is 6.04 Å². The first-order chi connectivity index (χ1) is 10.6. The average molecular weight is 303 g/mol. The van der Waals surface area contributed by atoms with Gasteiger partial charge in [0.15, 0.2) is 0 Å². The Bertz CT molecular complexity index is 712. The molecule has 1 aromatic carbocycles. The number of methoxy groups -OCH3 is 1. The lowest BCUT2D eigenvalue weighted by Gasteiger charge is -2.38. The van der Waals surface area contributed by atoms with E-state index >= 15 is 0 Å². The summed E-state index contributed by atoms with van der Waals surface area (Å²) in [5, 5.41) is 7.60. The van der Waals surface area contributed by atoms with Gasteiger partial charge in [-0.25, -0.2) is 9.42 Å². The monoisotopic (exact) mass is 303 g/mol. The lowest BCUT2D eigenvalue weighted by atomic mass is 9.89. The highest BCUT2D eigenvalue weighted by Gasteiger charge is 2.34. The molecule has 0 N–H and O–H groups in total. The van der Waals surface area contributed by atoms with Gasteiger partial charge in [-0.05, 0) is 46.8 Å². The van der Waals surface area contributed by atoms with Crippen LogP contribution >= 0.6 is 0 Å². The first-order valence-corrected chi connectivity index (χ1v) is 7.21. The molecule has 2 aromatic rings.